The van der Waals surface area contributed by atoms with Gasteiger partial charge >= 0.3 is 5.97 Å². The number of carboxylic acids is 1. The third kappa shape index (κ3) is 3.19. The van der Waals surface area contributed by atoms with Gasteiger partial charge in [0.2, 0.25) is 5.91 Å². The standard InChI is InChI=1S/C12H22N2O3/c1-4-9(12(16)17)14(3)11(15)10-8(2)6-5-7-13-10/h8-10,13H,4-7H2,1-3H3,(H,16,17). The highest BCUT2D eigenvalue weighted by Gasteiger charge is 2.33. The van der Waals surface area contributed by atoms with Crippen LogP contribution in [0.3, 0.4) is 0 Å². The maximum absolute atomic E-state index is 12.2. The number of piperidine rings is 1. The summed E-state index contributed by atoms with van der Waals surface area (Å²) >= 11 is 0. The lowest BCUT2D eigenvalue weighted by Gasteiger charge is -2.34. The fourth-order valence-electron chi connectivity index (χ4n) is 2.37. The molecule has 3 unspecified atom stereocenters. The number of hydrogen-bond donors (Lipinski definition) is 2. The number of carboxylic acid groups (broad SMARTS) is 1. The first-order valence-electron chi connectivity index (χ1n) is 6.21. The molecule has 0 radical (unpaired) electrons. The molecule has 1 aliphatic heterocycles. The smallest absolute Gasteiger partial charge is 0.326 e. The van der Waals surface area contributed by atoms with E-state index in [1.807, 2.05) is 6.92 Å². The molecule has 98 valence electrons. The molecule has 1 rings (SSSR count). The van der Waals surface area contributed by atoms with Crippen molar-refractivity contribution in [2.24, 2.45) is 5.92 Å². The van der Waals surface area contributed by atoms with Crippen LogP contribution in [-0.4, -0.2) is 47.6 Å². The number of nitrogens with one attached hydrogen (secondary N) is 1. The molecule has 0 saturated carbocycles. The molecule has 0 bridgehead atoms. The van der Waals surface area contributed by atoms with Gasteiger partial charge in [-0.15, -0.1) is 0 Å². The van der Waals surface area contributed by atoms with Crippen LogP contribution in [0, 0.1) is 5.92 Å². The zero-order valence-electron chi connectivity index (χ0n) is 10.8. The Labute approximate surface area is 102 Å². The molecule has 3 atom stereocenters. The van der Waals surface area contributed by atoms with Gasteiger partial charge in [0.05, 0.1) is 6.04 Å². The SMILES string of the molecule is CCC(C(=O)O)N(C)C(=O)C1NCCCC1C. The van der Waals surface area contributed by atoms with Crippen LogP contribution >= 0.6 is 0 Å². The lowest BCUT2D eigenvalue weighted by atomic mass is 9.91. The zero-order chi connectivity index (χ0) is 13.0. The summed E-state index contributed by atoms with van der Waals surface area (Å²) in [5.74, 6) is -0.775. The summed E-state index contributed by atoms with van der Waals surface area (Å²) < 4.78 is 0. The van der Waals surface area contributed by atoms with Crippen molar-refractivity contribution in [1.29, 1.82) is 0 Å². The van der Waals surface area contributed by atoms with Crippen LogP contribution in [0.4, 0.5) is 0 Å². The molecule has 1 fully saturated rings. The van der Waals surface area contributed by atoms with E-state index in [1.54, 1.807) is 14.0 Å². The molecule has 0 aromatic rings. The summed E-state index contributed by atoms with van der Waals surface area (Å²) in [5.41, 5.74) is 0. The van der Waals surface area contributed by atoms with Crippen molar-refractivity contribution >= 4 is 11.9 Å². The highest BCUT2D eigenvalue weighted by molar-refractivity contribution is 5.87. The third-order valence-corrected chi connectivity index (χ3v) is 3.52. The molecule has 2 N–H and O–H groups in total. The third-order valence-electron chi connectivity index (χ3n) is 3.52. The molecule has 0 aromatic carbocycles. The normalized spacial score (nSPS) is 26.3. The molecular formula is C12H22N2O3. The Morgan fingerprint density at radius 3 is 2.65 bits per heavy atom. The topological polar surface area (TPSA) is 69.6 Å². The molecule has 1 aliphatic rings. The van der Waals surface area contributed by atoms with E-state index in [2.05, 4.69) is 5.32 Å². The van der Waals surface area contributed by atoms with Gasteiger partial charge in [-0.25, -0.2) is 4.79 Å². The molecule has 0 aliphatic carbocycles. The van der Waals surface area contributed by atoms with E-state index < -0.39 is 12.0 Å². The lowest BCUT2D eigenvalue weighted by Crippen LogP contribution is -2.54. The first-order valence-corrected chi connectivity index (χ1v) is 6.21. The quantitative estimate of drug-likeness (QED) is 0.761. The second kappa shape index (κ2) is 6.00. The predicted molar refractivity (Wildman–Crippen MR) is 64.7 cm³/mol. The average Bonchev–Trinajstić information content (AvgIpc) is 2.29. The average molecular weight is 242 g/mol. The lowest BCUT2D eigenvalue weighted by molar-refractivity contribution is -0.150. The first-order chi connectivity index (χ1) is 7.99. The van der Waals surface area contributed by atoms with Gasteiger partial charge in [0.15, 0.2) is 0 Å². The van der Waals surface area contributed by atoms with Crippen LogP contribution in [0.2, 0.25) is 0 Å². The van der Waals surface area contributed by atoms with Crippen LogP contribution in [0.5, 0.6) is 0 Å². The van der Waals surface area contributed by atoms with E-state index in [9.17, 15) is 9.59 Å². The van der Waals surface area contributed by atoms with E-state index in [4.69, 9.17) is 5.11 Å². The van der Waals surface area contributed by atoms with Crippen LogP contribution in [0.15, 0.2) is 0 Å². The number of aliphatic carboxylic acids is 1. The largest absolute Gasteiger partial charge is 0.480 e. The van der Waals surface area contributed by atoms with Gasteiger partial charge < -0.3 is 15.3 Å². The number of amides is 1. The van der Waals surface area contributed by atoms with Crippen molar-refractivity contribution in [1.82, 2.24) is 10.2 Å². The van der Waals surface area contributed by atoms with Crippen LogP contribution in [-0.2, 0) is 9.59 Å². The monoisotopic (exact) mass is 242 g/mol. The summed E-state index contributed by atoms with van der Waals surface area (Å²) in [6.07, 6.45) is 2.52. The van der Waals surface area contributed by atoms with Gasteiger partial charge in [0.25, 0.3) is 0 Å². The number of rotatable bonds is 4. The number of carbonyl (C=O) groups is 2. The number of hydrogen-bond acceptors (Lipinski definition) is 3. The minimum Gasteiger partial charge on any atom is -0.480 e. The van der Waals surface area contributed by atoms with E-state index >= 15 is 0 Å². The maximum atomic E-state index is 12.2. The highest BCUT2D eigenvalue weighted by Crippen LogP contribution is 2.18. The zero-order valence-corrected chi connectivity index (χ0v) is 10.8. The van der Waals surface area contributed by atoms with Crippen LogP contribution in [0.1, 0.15) is 33.1 Å². The molecule has 5 nitrogen and oxygen atoms in total. The van der Waals surface area contributed by atoms with E-state index in [0.717, 1.165) is 19.4 Å². The number of nitrogens with zero attached hydrogens (tertiary/aromatic N) is 1. The van der Waals surface area contributed by atoms with Crippen molar-refractivity contribution in [2.45, 2.75) is 45.2 Å². The van der Waals surface area contributed by atoms with Gasteiger partial charge in [-0.3, -0.25) is 4.79 Å². The fourth-order valence-corrected chi connectivity index (χ4v) is 2.37. The van der Waals surface area contributed by atoms with Gasteiger partial charge in [0.1, 0.15) is 6.04 Å². The molecule has 0 aromatic heterocycles. The van der Waals surface area contributed by atoms with Gasteiger partial charge in [-0.05, 0) is 31.7 Å². The summed E-state index contributed by atoms with van der Waals surface area (Å²) in [6, 6.07) is -0.958. The Balaban J connectivity index is 2.70. The summed E-state index contributed by atoms with van der Waals surface area (Å²) in [7, 11) is 1.58. The second-order valence-corrected chi connectivity index (χ2v) is 4.76. The summed E-state index contributed by atoms with van der Waals surface area (Å²) in [5, 5.41) is 12.2. The Morgan fingerprint density at radius 1 is 1.53 bits per heavy atom. The van der Waals surface area contributed by atoms with E-state index in [0.29, 0.717) is 6.42 Å². The fraction of sp³-hybridized carbons (Fsp3) is 0.833. The Hall–Kier alpha value is -1.10. The van der Waals surface area contributed by atoms with Crippen molar-refractivity contribution in [3.05, 3.63) is 0 Å². The second-order valence-electron chi connectivity index (χ2n) is 4.76. The van der Waals surface area contributed by atoms with Crippen LogP contribution in [0.25, 0.3) is 0 Å². The molecule has 5 heteroatoms. The molecule has 0 spiro atoms. The van der Waals surface area contributed by atoms with Crippen molar-refractivity contribution in [3.63, 3.8) is 0 Å². The predicted octanol–water partition coefficient (Wildman–Crippen LogP) is 0.696. The number of likely N-dealkylation sites (N-methyl/N-ethyl adjacent to an activating group) is 1. The van der Waals surface area contributed by atoms with Crippen molar-refractivity contribution in [3.8, 4) is 0 Å². The molecule has 17 heavy (non-hydrogen) atoms. The van der Waals surface area contributed by atoms with Gasteiger partial charge in [0, 0.05) is 7.05 Å². The Bertz CT molecular complexity index is 293. The first kappa shape index (κ1) is 14.0. The highest BCUT2D eigenvalue weighted by atomic mass is 16.4. The molecule has 1 heterocycles. The van der Waals surface area contributed by atoms with Gasteiger partial charge in [-0.2, -0.15) is 0 Å². The minimum absolute atomic E-state index is 0.105. The number of carbonyl (C=O) groups excluding carboxylic acids is 1. The maximum Gasteiger partial charge on any atom is 0.326 e. The Kier molecular flexibility index (Phi) is 4.93. The Morgan fingerprint density at radius 2 is 2.18 bits per heavy atom. The van der Waals surface area contributed by atoms with Crippen LogP contribution < -0.4 is 5.32 Å². The summed E-state index contributed by atoms with van der Waals surface area (Å²) in [4.78, 5) is 24.6. The molecule has 1 saturated heterocycles. The van der Waals surface area contributed by atoms with Crippen molar-refractivity contribution < 1.29 is 14.7 Å². The van der Waals surface area contributed by atoms with Gasteiger partial charge in [-0.1, -0.05) is 13.8 Å². The molecule has 1 amide bonds. The molecular weight excluding hydrogens is 220 g/mol. The minimum atomic E-state index is -0.938. The summed E-state index contributed by atoms with van der Waals surface area (Å²) in [6.45, 7) is 4.64. The van der Waals surface area contributed by atoms with E-state index in [-0.39, 0.29) is 17.9 Å². The van der Waals surface area contributed by atoms with E-state index in [1.165, 1.54) is 4.90 Å². The van der Waals surface area contributed by atoms with Crippen molar-refractivity contribution in [2.75, 3.05) is 13.6 Å².